The Hall–Kier alpha value is -6.67. The Morgan fingerprint density at radius 2 is 1.70 bits per heavy atom. The highest BCUT2D eigenvalue weighted by molar-refractivity contribution is 6.13. The summed E-state index contributed by atoms with van der Waals surface area (Å²) in [6, 6.07) is 17.9. The first-order valence-electron chi connectivity index (χ1n) is 20.5. The van der Waals surface area contributed by atoms with Crippen LogP contribution in [0.2, 0.25) is 0 Å². The average molecular weight is 867 g/mol. The third kappa shape index (κ3) is 8.85. The molecule has 2 saturated heterocycles. The molecule has 1 N–H and O–H groups in total. The van der Waals surface area contributed by atoms with Gasteiger partial charge in [0.05, 0.1) is 33.9 Å². The Bertz CT molecular complexity index is 2510. The number of pyridine rings is 1. The van der Waals surface area contributed by atoms with Gasteiger partial charge in [-0.3, -0.25) is 39.1 Å². The molecule has 1 atom stereocenters. The number of fused-ring (bicyclic) bond motifs is 1. The summed E-state index contributed by atoms with van der Waals surface area (Å²) in [5.74, 6) is -1.08. The summed E-state index contributed by atoms with van der Waals surface area (Å²) < 4.78 is 57.1. The maximum atomic E-state index is 15.7. The van der Waals surface area contributed by atoms with E-state index in [4.69, 9.17) is 0 Å². The number of rotatable bonds is 13. The van der Waals surface area contributed by atoms with Gasteiger partial charge in [0.15, 0.2) is 6.29 Å². The first kappa shape index (κ1) is 44.4. The second-order valence-electron chi connectivity index (χ2n) is 16.8. The number of aldehydes is 1. The van der Waals surface area contributed by atoms with E-state index in [-0.39, 0.29) is 40.7 Å². The molecule has 4 heterocycles. The van der Waals surface area contributed by atoms with Crippen LogP contribution in [-0.4, -0.2) is 104 Å². The predicted octanol–water partition coefficient (Wildman–Crippen LogP) is 6.32. The highest BCUT2D eigenvalue weighted by Gasteiger charge is 2.46. The second kappa shape index (κ2) is 17.6. The number of hydrogen-bond acceptors (Lipinski definition) is 10. The highest BCUT2D eigenvalue weighted by atomic mass is 19.4. The van der Waals surface area contributed by atoms with Crippen LogP contribution in [0, 0.1) is 23.2 Å². The molecule has 17 heteroatoms. The molecule has 13 nitrogen and oxygen atoms in total. The average Bonchev–Trinajstić information content (AvgIpc) is 3.45. The van der Waals surface area contributed by atoms with Gasteiger partial charge in [-0.1, -0.05) is 6.07 Å². The van der Waals surface area contributed by atoms with E-state index < -0.39 is 40.5 Å². The van der Waals surface area contributed by atoms with Gasteiger partial charge in [-0.05, 0) is 99.0 Å². The van der Waals surface area contributed by atoms with E-state index in [0.29, 0.717) is 60.8 Å². The molecule has 3 aliphatic heterocycles. The molecule has 4 aromatic rings. The zero-order valence-electron chi connectivity index (χ0n) is 35.2. The number of benzene rings is 3. The number of alkyl halides is 3. The standard InChI is InChI=1S/C46H46F4N8O5/c1-28(5-14-41(61)52-27-60)54(4)43(62)36-10-9-33(19-32(36)26-59)56-17-15-55(16-18-56)23-29-24-57(25-29)40-13-11-35(42(47)53-40)30-7-12-39-38(20-30)45(2,3)44(63)58(39)34-8-6-31(22-51)37(21-34)46(48,49)50/h6-13,19-21,26-29H,5,14-18,23-25H2,1-4H3,(H,52,60,61). The Kier molecular flexibility index (Phi) is 12.4. The predicted molar refractivity (Wildman–Crippen MR) is 227 cm³/mol. The molecule has 4 amide bonds. The zero-order chi connectivity index (χ0) is 45.4. The fraction of sp³-hybridized carbons (Fsp3) is 0.370. The molecule has 0 spiro atoms. The molecule has 0 saturated carbocycles. The number of carbonyl (C=O) groups excluding carboxylic acids is 5. The van der Waals surface area contributed by atoms with Crippen molar-refractivity contribution < 1.29 is 41.5 Å². The molecule has 3 aliphatic rings. The first-order valence-corrected chi connectivity index (χ1v) is 20.5. The van der Waals surface area contributed by atoms with Crippen molar-refractivity contribution >= 4 is 53.3 Å². The van der Waals surface area contributed by atoms with Crippen LogP contribution in [0.4, 0.5) is 40.4 Å². The molecule has 0 radical (unpaired) electrons. The van der Waals surface area contributed by atoms with Gasteiger partial charge >= 0.3 is 6.18 Å². The number of amides is 4. The van der Waals surface area contributed by atoms with Gasteiger partial charge in [-0.25, -0.2) is 4.98 Å². The van der Waals surface area contributed by atoms with Gasteiger partial charge in [0.25, 0.3) is 5.91 Å². The summed E-state index contributed by atoms with van der Waals surface area (Å²) in [6.45, 7) is 10.4. The van der Waals surface area contributed by atoms with Crippen molar-refractivity contribution in [1.29, 1.82) is 5.26 Å². The van der Waals surface area contributed by atoms with Crippen LogP contribution >= 0.6 is 0 Å². The van der Waals surface area contributed by atoms with E-state index in [2.05, 4.69) is 20.1 Å². The SMILES string of the molecule is CC(CCC(=O)NC=O)N(C)C(=O)c1ccc(N2CCN(CC3CN(c4ccc(-c5ccc6c(c5)C(C)(C)C(=O)N6c5ccc(C#N)c(C(F)(F)F)c5)c(F)n4)C3)CC2)cc1C=O. The van der Waals surface area contributed by atoms with Crippen LogP contribution in [0.3, 0.4) is 0 Å². The smallest absolute Gasteiger partial charge is 0.369 e. The number of carbonyl (C=O) groups is 5. The topological polar surface area (TPSA) is 150 Å². The van der Waals surface area contributed by atoms with E-state index >= 15 is 4.39 Å². The van der Waals surface area contributed by atoms with Gasteiger partial charge in [-0.15, -0.1) is 0 Å². The van der Waals surface area contributed by atoms with E-state index in [0.717, 1.165) is 50.5 Å². The Balaban J connectivity index is 0.934. The lowest BCUT2D eigenvalue weighted by Crippen LogP contribution is -2.55. The molecular formula is C46H46F4N8O5. The molecule has 0 bridgehead atoms. The molecule has 7 rings (SSSR count). The van der Waals surface area contributed by atoms with Gasteiger partial charge in [0.1, 0.15) is 5.82 Å². The summed E-state index contributed by atoms with van der Waals surface area (Å²) >= 11 is 0. The molecule has 63 heavy (non-hydrogen) atoms. The van der Waals surface area contributed by atoms with Gasteiger partial charge in [0, 0.05) is 93.7 Å². The molecule has 0 aliphatic carbocycles. The van der Waals surface area contributed by atoms with Gasteiger partial charge < -0.3 is 14.7 Å². The van der Waals surface area contributed by atoms with Gasteiger partial charge in [-0.2, -0.15) is 22.8 Å². The summed E-state index contributed by atoms with van der Waals surface area (Å²) in [5, 5.41) is 11.3. The third-order valence-corrected chi connectivity index (χ3v) is 12.4. The van der Waals surface area contributed by atoms with Crippen LogP contribution in [0.25, 0.3) is 11.1 Å². The summed E-state index contributed by atoms with van der Waals surface area (Å²) in [5.41, 5.74) is 0.0938. The summed E-state index contributed by atoms with van der Waals surface area (Å²) in [4.78, 5) is 74.7. The minimum atomic E-state index is -4.80. The minimum Gasteiger partial charge on any atom is -0.369 e. The quantitative estimate of drug-likeness (QED) is 0.0920. The molecule has 2 fully saturated rings. The number of nitrogens with zero attached hydrogens (tertiary/aromatic N) is 7. The number of nitrogens with one attached hydrogen (secondary N) is 1. The van der Waals surface area contributed by atoms with Crippen molar-refractivity contribution in [3.8, 4) is 17.2 Å². The number of piperazine rings is 1. The molecular weight excluding hydrogens is 821 g/mol. The maximum Gasteiger partial charge on any atom is 0.417 e. The molecule has 328 valence electrons. The van der Waals surface area contributed by atoms with Crippen LogP contribution in [0.5, 0.6) is 0 Å². The fourth-order valence-electron chi connectivity index (χ4n) is 8.51. The Morgan fingerprint density at radius 3 is 2.35 bits per heavy atom. The van der Waals surface area contributed by atoms with Crippen LogP contribution in [-0.2, 0) is 26.0 Å². The lowest BCUT2D eigenvalue weighted by atomic mass is 9.85. The van der Waals surface area contributed by atoms with E-state index in [9.17, 15) is 42.4 Å². The largest absolute Gasteiger partial charge is 0.417 e. The normalized spacial score (nSPS) is 16.8. The van der Waals surface area contributed by atoms with Crippen LogP contribution < -0.4 is 20.0 Å². The van der Waals surface area contributed by atoms with E-state index in [1.807, 2.05) is 11.0 Å². The Labute approximate surface area is 361 Å². The van der Waals surface area contributed by atoms with E-state index in [1.165, 1.54) is 15.9 Å². The molecule has 1 aromatic heterocycles. The van der Waals surface area contributed by atoms with Crippen molar-refractivity contribution in [3.05, 3.63) is 100 Å². The number of halogens is 4. The van der Waals surface area contributed by atoms with E-state index in [1.54, 1.807) is 76.4 Å². The number of aromatic nitrogens is 1. The minimum absolute atomic E-state index is 0.0274. The Morgan fingerprint density at radius 1 is 0.984 bits per heavy atom. The molecule has 3 aromatic carbocycles. The van der Waals surface area contributed by atoms with Crippen molar-refractivity contribution in [2.75, 3.05) is 67.6 Å². The van der Waals surface area contributed by atoms with Crippen molar-refractivity contribution in [3.63, 3.8) is 0 Å². The summed E-state index contributed by atoms with van der Waals surface area (Å²) in [7, 11) is 1.61. The van der Waals surface area contributed by atoms with Crippen molar-refractivity contribution in [1.82, 2.24) is 20.1 Å². The highest BCUT2D eigenvalue weighted by Crippen LogP contribution is 2.48. The molecule has 1 unspecified atom stereocenters. The number of imide groups is 1. The second-order valence-corrected chi connectivity index (χ2v) is 16.8. The monoisotopic (exact) mass is 866 g/mol. The fourth-order valence-corrected chi connectivity index (χ4v) is 8.51. The lowest BCUT2D eigenvalue weighted by Gasteiger charge is -2.44. The van der Waals surface area contributed by atoms with Crippen molar-refractivity contribution in [2.24, 2.45) is 5.92 Å². The third-order valence-electron chi connectivity index (χ3n) is 12.4. The van der Waals surface area contributed by atoms with Crippen LogP contribution in [0.15, 0.2) is 66.7 Å². The summed E-state index contributed by atoms with van der Waals surface area (Å²) in [6.07, 6.45) is -3.38. The van der Waals surface area contributed by atoms with Crippen LogP contribution in [0.1, 0.15) is 71.0 Å². The zero-order valence-corrected chi connectivity index (χ0v) is 35.2. The maximum absolute atomic E-state index is 15.7. The lowest BCUT2D eigenvalue weighted by molar-refractivity contribution is -0.138. The van der Waals surface area contributed by atoms with Crippen molar-refractivity contribution in [2.45, 2.75) is 51.2 Å². The number of anilines is 4. The first-order chi connectivity index (χ1) is 29.9. The van der Waals surface area contributed by atoms with Gasteiger partial charge in [0.2, 0.25) is 24.2 Å². The number of hydrogen-bond donors (Lipinski definition) is 1. The number of nitriles is 1.